The fraction of sp³-hybridized carbons (Fsp3) is 0.364. The van der Waals surface area contributed by atoms with Gasteiger partial charge in [0, 0.05) is 13.0 Å². The van der Waals surface area contributed by atoms with E-state index in [1.54, 1.807) is 12.0 Å². The number of carbonyl (C=O) groups is 2. The molecule has 3 rings (SSSR count). The molecule has 0 bridgehead atoms. The number of ether oxygens (including phenoxy) is 2. The number of nitrogens with one attached hydrogen (secondary N) is 1. The number of carbonyl (C=O) groups excluding carboxylic acids is 2. The van der Waals surface area contributed by atoms with Crippen LogP contribution in [0.1, 0.15) is 17.5 Å². The van der Waals surface area contributed by atoms with Gasteiger partial charge >= 0.3 is 0 Å². The van der Waals surface area contributed by atoms with Gasteiger partial charge in [0.15, 0.2) is 0 Å². The zero-order valence-corrected chi connectivity index (χ0v) is 16.5. The molecule has 6 nitrogen and oxygen atoms in total. The number of benzene rings is 2. The Morgan fingerprint density at radius 3 is 2.71 bits per heavy atom. The molecule has 28 heavy (non-hydrogen) atoms. The average Bonchev–Trinajstić information content (AvgIpc) is 3.07. The summed E-state index contributed by atoms with van der Waals surface area (Å²) in [7, 11) is 1.58. The number of hydrogen-bond donors (Lipinski definition) is 1. The maximum Gasteiger partial charge on any atom is 0.227 e. The first-order chi connectivity index (χ1) is 13.5. The number of anilines is 1. The van der Waals surface area contributed by atoms with Crippen molar-refractivity contribution >= 4 is 17.5 Å². The molecule has 0 spiro atoms. The molecule has 1 unspecified atom stereocenters. The van der Waals surface area contributed by atoms with E-state index in [0.717, 1.165) is 16.9 Å². The minimum Gasteiger partial charge on any atom is -0.495 e. The Labute approximate surface area is 165 Å². The highest BCUT2D eigenvalue weighted by atomic mass is 16.5. The molecule has 1 saturated heterocycles. The lowest BCUT2D eigenvalue weighted by Crippen LogP contribution is -2.35. The van der Waals surface area contributed by atoms with Crippen molar-refractivity contribution in [3.05, 3.63) is 53.6 Å². The van der Waals surface area contributed by atoms with Crippen molar-refractivity contribution in [2.75, 3.05) is 31.7 Å². The van der Waals surface area contributed by atoms with E-state index in [2.05, 4.69) is 5.32 Å². The van der Waals surface area contributed by atoms with Crippen LogP contribution in [0.25, 0.3) is 0 Å². The number of aryl methyl sites for hydroxylation is 2. The van der Waals surface area contributed by atoms with Gasteiger partial charge in [-0.25, -0.2) is 0 Å². The Kier molecular flexibility index (Phi) is 6.19. The lowest BCUT2D eigenvalue weighted by Gasteiger charge is -2.20. The third kappa shape index (κ3) is 4.63. The standard InChI is InChI=1S/C22H26N2O4/c1-15-5-4-6-18(11-15)28-10-9-23-22(26)17-13-21(25)24(14-17)19-12-16(2)7-8-20(19)27-3/h4-8,11-12,17H,9-10,13-14H2,1-3H3,(H,23,26). The van der Waals surface area contributed by atoms with Gasteiger partial charge in [0.25, 0.3) is 0 Å². The second-order valence-electron chi connectivity index (χ2n) is 7.04. The molecule has 1 atom stereocenters. The Morgan fingerprint density at radius 1 is 1.18 bits per heavy atom. The van der Waals surface area contributed by atoms with Crippen LogP contribution in [-0.2, 0) is 9.59 Å². The maximum absolute atomic E-state index is 12.5. The van der Waals surface area contributed by atoms with Gasteiger partial charge in [-0.05, 0) is 49.2 Å². The van der Waals surface area contributed by atoms with Crippen LogP contribution in [-0.4, -0.2) is 38.6 Å². The predicted octanol–water partition coefficient (Wildman–Crippen LogP) is 2.86. The molecule has 1 N–H and O–H groups in total. The van der Waals surface area contributed by atoms with Crippen LogP contribution in [0, 0.1) is 19.8 Å². The topological polar surface area (TPSA) is 67.9 Å². The van der Waals surface area contributed by atoms with Gasteiger partial charge in [0.1, 0.15) is 18.1 Å². The summed E-state index contributed by atoms with van der Waals surface area (Å²) in [6, 6.07) is 13.5. The molecule has 0 radical (unpaired) electrons. The van der Waals surface area contributed by atoms with Crippen molar-refractivity contribution in [1.82, 2.24) is 5.32 Å². The Hall–Kier alpha value is -3.02. The van der Waals surface area contributed by atoms with E-state index >= 15 is 0 Å². The zero-order chi connectivity index (χ0) is 20.1. The fourth-order valence-corrected chi connectivity index (χ4v) is 3.32. The van der Waals surface area contributed by atoms with Crippen LogP contribution in [0.3, 0.4) is 0 Å². The van der Waals surface area contributed by atoms with Crippen LogP contribution in [0.15, 0.2) is 42.5 Å². The number of methoxy groups -OCH3 is 1. The highest BCUT2D eigenvalue weighted by molar-refractivity contribution is 6.01. The number of hydrogen-bond acceptors (Lipinski definition) is 4. The first-order valence-electron chi connectivity index (χ1n) is 9.40. The smallest absolute Gasteiger partial charge is 0.227 e. The molecular formula is C22H26N2O4. The SMILES string of the molecule is COc1ccc(C)cc1N1CC(C(=O)NCCOc2cccc(C)c2)CC1=O. The molecule has 1 aliphatic rings. The van der Waals surface area contributed by atoms with Crippen LogP contribution >= 0.6 is 0 Å². The molecule has 1 heterocycles. The maximum atomic E-state index is 12.5. The molecule has 0 aromatic heterocycles. The predicted molar refractivity (Wildman–Crippen MR) is 108 cm³/mol. The molecule has 0 aliphatic carbocycles. The second-order valence-corrected chi connectivity index (χ2v) is 7.04. The van der Waals surface area contributed by atoms with Gasteiger partial charge in [-0.2, -0.15) is 0 Å². The number of rotatable bonds is 7. The van der Waals surface area contributed by atoms with E-state index in [4.69, 9.17) is 9.47 Å². The van der Waals surface area contributed by atoms with Crippen molar-refractivity contribution in [2.24, 2.45) is 5.92 Å². The molecule has 0 saturated carbocycles. The van der Waals surface area contributed by atoms with Gasteiger partial charge in [0.2, 0.25) is 11.8 Å². The lowest BCUT2D eigenvalue weighted by atomic mass is 10.1. The molecule has 1 aliphatic heterocycles. The summed E-state index contributed by atoms with van der Waals surface area (Å²) in [5.74, 6) is 0.835. The van der Waals surface area contributed by atoms with Gasteiger partial charge in [-0.15, -0.1) is 0 Å². The minimum absolute atomic E-state index is 0.0694. The van der Waals surface area contributed by atoms with E-state index in [9.17, 15) is 9.59 Å². The highest BCUT2D eigenvalue weighted by Gasteiger charge is 2.36. The van der Waals surface area contributed by atoms with Crippen LogP contribution in [0.4, 0.5) is 5.69 Å². The van der Waals surface area contributed by atoms with E-state index in [1.807, 2.05) is 56.3 Å². The quantitative estimate of drug-likeness (QED) is 0.748. The summed E-state index contributed by atoms with van der Waals surface area (Å²) >= 11 is 0. The first-order valence-corrected chi connectivity index (χ1v) is 9.40. The van der Waals surface area contributed by atoms with Crippen molar-refractivity contribution in [1.29, 1.82) is 0 Å². The third-order valence-corrected chi connectivity index (χ3v) is 4.78. The Balaban J connectivity index is 1.53. The number of amides is 2. The molecule has 2 amide bonds. The Bertz CT molecular complexity index is 865. The van der Waals surface area contributed by atoms with Crippen LogP contribution in [0.5, 0.6) is 11.5 Å². The highest BCUT2D eigenvalue weighted by Crippen LogP contribution is 2.33. The van der Waals surface area contributed by atoms with E-state index in [0.29, 0.717) is 31.1 Å². The summed E-state index contributed by atoms with van der Waals surface area (Å²) in [4.78, 5) is 26.6. The van der Waals surface area contributed by atoms with Crippen molar-refractivity contribution in [3.63, 3.8) is 0 Å². The van der Waals surface area contributed by atoms with E-state index in [1.165, 1.54) is 0 Å². The van der Waals surface area contributed by atoms with Crippen LogP contribution < -0.4 is 19.7 Å². The van der Waals surface area contributed by atoms with Gasteiger partial charge < -0.3 is 19.7 Å². The monoisotopic (exact) mass is 382 g/mol. The molecule has 2 aromatic carbocycles. The van der Waals surface area contributed by atoms with E-state index in [-0.39, 0.29) is 24.2 Å². The molecule has 6 heteroatoms. The van der Waals surface area contributed by atoms with Crippen molar-refractivity contribution in [2.45, 2.75) is 20.3 Å². The summed E-state index contributed by atoms with van der Waals surface area (Å²) in [6.45, 7) is 5.09. The van der Waals surface area contributed by atoms with E-state index < -0.39 is 0 Å². The summed E-state index contributed by atoms with van der Waals surface area (Å²) < 4.78 is 11.0. The minimum atomic E-state index is -0.378. The third-order valence-electron chi connectivity index (χ3n) is 4.78. The molecule has 1 fully saturated rings. The van der Waals surface area contributed by atoms with Crippen LogP contribution in [0.2, 0.25) is 0 Å². The Morgan fingerprint density at radius 2 is 1.96 bits per heavy atom. The molecular weight excluding hydrogens is 356 g/mol. The summed E-state index contributed by atoms with van der Waals surface area (Å²) in [5.41, 5.74) is 2.87. The van der Waals surface area contributed by atoms with Gasteiger partial charge in [-0.1, -0.05) is 18.2 Å². The fourth-order valence-electron chi connectivity index (χ4n) is 3.32. The van der Waals surface area contributed by atoms with Crippen molar-refractivity contribution in [3.8, 4) is 11.5 Å². The normalized spacial score (nSPS) is 16.2. The second kappa shape index (κ2) is 8.78. The summed E-state index contributed by atoms with van der Waals surface area (Å²) in [6.07, 6.45) is 0.196. The first kappa shape index (κ1) is 19.7. The summed E-state index contributed by atoms with van der Waals surface area (Å²) in [5, 5.41) is 2.87. The molecule has 148 valence electrons. The lowest BCUT2D eigenvalue weighted by molar-refractivity contribution is -0.126. The van der Waals surface area contributed by atoms with Crippen molar-refractivity contribution < 1.29 is 19.1 Å². The van der Waals surface area contributed by atoms with Gasteiger partial charge in [0.05, 0.1) is 25.3 Å². The number of nitrogens with zero attached hydrogens (tertiary/aromatic N) is 1. The largest absolute Gasteiger partial charge is 0.495 e. The molecule has 2 aromatic rings. The average molecular weight is 382 g/mol. The van der Waals surface area contributed by atoms with Gasteiger partial charge in [-0.3, -0.25) is 9.59 Å². The zero-order valence-electron chi connectivity index (χ0n) is 16.5.